The molecule has 0 aliphatic rings. The number of nitrogens with one attached hydrogen (secondary N) is 1. The van der Waals surface area contributed by atoms with Crippen LogP contribution in [0.25, 0.3) is 0 Å². The average Bonchev–Trinajstić information content (AvgIpc) is 1.99. The minimum atomic E-state index is -0.0453. The highest BCUT2D eigenvalue weighted by molar-refractivity contribution is 5.03. The van der Waals surface area contributed by atoms with Crippen molar-refractivity contribution in [2.45, 2.75) is 40.5 Å². The van der Waals surface area contributed by atoms with E-state index in [1.54, 1.807) is 6.07 Å². The SMILES string of the molecule is CCc1cc(=O)[nH]c(CC(C)(C)C)n1. The molecule has 0 saturated heterocycles. The summed E-state index contributed by atoms with van der Waals surface area (Å²) >= 11 is 0. The third-order valence-corrected chi connectivity index (χ3v) is 1.90. The molecule has 0 aromatic carbocycles. The molecule has 0 saturated carbocycles. The number of hydrogen-bond acceptors (Lipinski definition) is 2. The maximum Gasteiger partial charge on any atom is 0.251 e. The van der Waals surface area contributed by atoms with Crippen molar-refractivity contribution in [3.63, 3.8) is 0 Å². The monoisotopic (exact) mass is 194 g/mol. The fourth-order valence-corrected chi connectivity index (χ4v) is 1.33. The lowest BCUT2D eigenvalue weighted by atomic mass is 9.92. The van der Waals surface area contributed by atoms with Crippen LogP contribution < -0.4 is 5.56 Å². The van der Waals surface area contributed by atoms with E-state index >= 15 is 0 Å². The van der Waals surface area contributed by atoms with Crippen LogP contribution in [0.3, 0.4) is 0 Å². The van der Waals surface area contributed by atoms with Crippen LogP contribution in [0, 0.1) is 5.41 Å². The average molecular weight is 194 g/mol. The van der Waals surface area contributed by atoms with Gasteiger partial charge in [-0.3, -0.25) is 4.79 Å². The Labute approximate surface area is 84.6 Å². The second-order valence-corrected chi connectivity index (χ2v) is 4.77. The maximum atomic E-state index is 11.3. The molecule has 0 aliphatic heterocycles. The molecule has 0 spiro atoms. The lowest BCUT2D eigenvalue weighted by Gasteiger charge is -2.17. The van der Waals surface area contributed by atoms with E-state index in [4.69, 9.17) is 0 Å². The molecule has 1 N–H and O–H groups in total. The molecular formula is C11H18N2O. The third kappa shape index (κ3) is 3.32. The van der Waals surface area contributed by atoms with Gasteiger partial charge in [-0.15, -0.1) is 0 Å². The van der Waals surface area contributed by atoms with Gasteiger partial charge in [-0.2, -0.15) is 0 Å². The van der Waals surface area contributed by atoms with E-state index in [0.29, 0.717) is 0 Å². The largest absolute Gasteiger partial charge is 0.311 e. The van der Waals surface area contributed by atoms with Crippen molar-refractivity contribution in [1.29, 1.82) is 0 Å². The molecular weight excluding hydrogens is 176 g/mol. The summed E-state index contributed by atoms with van der Waals surface area (Å²) in [5.74, 6) is 0.793. The van der Waals surface area contributed by atoms with E-state index in [0.717, 1.165) is 24.4 Å². The van der Waals surface area contributed by atoms with Gasteiger partial charge in [-0.1, -0.05) is 27.7 Å². The minimum Gasteiger partial charge on any atom is -0.311 e. The normalized spacial score (nSPS) is 11.7. The topological polar surface area (TPSA) is 45.8 Å². The first-order valence-corrected chi connectivity index (χ1v) is 5.00. The smallest absolute Gasteiger partial charge is 0.251 e. The van der Waals surface area contributed by atoms with Crippen molar-refractivity contribution in [2.24, 2.45) is 5.41 Å². The van der Waals surface area contributed by atoms with Crippen molar-refractivity contribution in [3.8, 4) is 0 Å². The van der Waals surface area contributed by atoms with Crippen molar-refractivity contribution >= 4 is 0 Å². The summed E-state index contributed by atoms with van der Waals surface area (Å²) in [4.78, 5) is 18.4. The number of H-pyrrole nitrogens is 1. The van der Waals surface area contributed by atoms with E-state index in [1.807, 2.05) is 6.92 Å². The van der Waals surface area contributed by atoms with Gasteiger partial charge in [0.05, 0.1) is 0 Å². The van der Waals surface area contributed by atoms with Gasteiger partial charge < -0.3 is 4.98 Å². The molecule has 1 rings (SSSR count). The van der Waals surface area contributed by atoms with Gasteiger partial charge in [0, 0.05) is 18.2 Å². The van der Waals surface area contributed by atoms with Crippen molar-refractivity contribution < 1.29 is 0 Å². The Morgan fingerprint density at radius 1 is 1.43 bits per heavy atom. The molecule has 78 valence electrons. The summed E-state index contributed by atoms with van der Waals surface area (Å²) in [6, 6.07) is 1.56. The molecule has 1 heterocycles. The summed E-state index contributed by atoms with van der Waals surface area (Å²) in [6.07, 6.45) is 1.61. The molecule has 0 amide bonds. The number of hydrogen-bond donors (Lipinski definition) is 1. The fraction of sp³-hybridized carbons (Fsp3) is 0.636. The van der Waals surface area contributed by atoms with E-state index in [2.05, 4.69) is 30.7 Å². The van der Waals surface area contributed by atoms with Crippen LogP contribution in [0.2, 0.25) is 0 Å². The number of aryl methyl sites for hydroxylation is 1. The number of aromatic nitrogens is 2. The van der Waals surface area contributed by atoms with Crippen LogP contribution >= 0.6 is 0 Å². The molecule has 0 atom stereocenters. The molecule has 1 aromatic rings. The number of rotatable bonds is 2. The molecule has 14 heavy (non-hydrogen) atoms. The first kappa shape index (κ1) is 11.0. The highest BCUT2D eigenvalue weighted by atomic mass is 16.1. The van der Waals surface area contributed by atoms with Crippen LogP contribution in [0.5, 0.6) is 0 Å². The lowest BCUT2D eigenvalue weighted by molar-refractivity contribution is 0.399. The Kier molecular flexibility index (Phi) is 3.09. The molecule has 1 aromatic heterocycles. The van der Waals surface area contributed by atoms with Gasteiger partial charge in [0.2, 0.25) is 0 Å². The molecule has 3 heteroatoms. The quantitative estimate of drug-likeness (QED) is 0.781. The zero-order valence-electron chi connectivity index (χ0n) is 9.35. The van der Waals surface area contributed by atoms with Crippen LogP contribution in [0.4, 0.5) is 0 Å². The molecule has 0 aliphatic carbocycles. The van der Waals surface area contributed by atoms with Gasteiger partial charge in [0.1, 0.15) is 5.82 Å². The zero-order valence-corrected chi connectivity index (χ0v) is 9.35. The minimum absolute atomic E-state index is 0.0453. The summed E-state index contributed by atoms with van der Waals surface area (Å²) in [5.41, 5.74) is 0.978. The number of aromatic amines is 1. The molecule has 0 radical (unpaired) electrons. The molecule has 0 bridgehead atoms. The second kappa shape index (κ2) is 3.95. The molecule has 0 unspecified atom stereocenters. The van der Waals surface area contributed by atoms with Crippen LogP contribution in [0.1, 0.15) is 39.2 Å². The Balaban J connectivity index is 2.98. The Hall–Kier alpha value is -1.12. The summed E-state index contributed by atoms with van der Waals surface area (Å²) in [7, 11) is 0. The second-order valence-electron chi connectivity index (χ2n) is 4.77. The predicted octanol–water partition coefficient (Wildman–Crippen LogP) is 1.92. The van der Waals surface area contributed by atoms with Gasteiger partial charge in [0.25, 0.3) is 5.56 Å². The predicted molar refractivity (Wildman–Crippen MR) is 57.4 cm³/mol. The number of nitrogens with zero attached hydrogens (tertiary/aromatic N) is 1. The van der Waals surface area contributed by atoms with E-state index in [9.17, 15) is 4.79 Å². The van der Waals surface area contributed by atoms with Crippen LogP contribution in [-0.2, 0) is 12.8 Å². The standard InChI is InChI=1S/C11H18N2O/c1-5-8-6-10(14)13-9(12-8)7-11(2,3)4/h6H,5,7H2,1-4H3,(H,12,13,14). The van der Waals surface area contributed by atoms with E-state index in [-0.39, 0.29) is 11.0 Å². The molecule has 0 fully saturated rings. The Morgan fingerprint density at radius 2 is 2.07 bits per heavy atom. The first-order valence-electron chi connectivity index (χ1n) is 5.00. The van der Waals surface area contributed by atoms with Gasteiger partial charge in [0.15, 0.2) is 0 Å². The Bertz CT molecular complexity index is 360. The Morgan fingerprint density at radius 3 is 2.57 bits per heavy atom. The van der Waals surface area contributed by atoms with E-state index in [1.165, 1.54) is 0 Å². The molecule has 3 nitrogen and oxygen atoms in total. The van der Waals surface area contributed by atoms with Crippen molar-refractivity contribution in [2.75, 3.05) is 0 Å². The van der Waals surface area contributed by atoms with Crippen molar-refractivity contribution in [1.82, 2.24) is 9.97 Å². The first-order chi connectivity index (χ1) is 6.40. The van der Waals surface area contributed by atoms with Crippen LogP contribution in [0.15, 0.2) is 10.9 Å². The maximum absolute atomic E-state index is 11.3. The third-order valence-electron chi connectivity index (χ3n) is 1.90. The highest BCUT2D eigenvalue weighted by Crippen LogP contribution is 2.17. The summed E-state index contributed by atoms with van der Waals surface area (Å²) in [6.45, 7) is 8.39. The summed E-state index contributed by atoms with van der Waals surface area (Å²) < 4.78 is 0. The van der Waals surface area contributed by atoms with Crippen molar-refractivity contribution in [3.05, 3.63) is 27.9 Å². The highest BCUT2D eigenvalue weighted by Gasteiger charge is 2.13. The lowest BCUT2D eigenvalue weighted by Crippen LogP contribution is -2.18. The van der Waals surface area contributed by atoms with Gasteiger partial charge in [-0.05, 0) is 11.8 Å². The fourth-order valence-electron chi connectivity index (χ4n) is 1.33. The zero-order chi connectivity index (χ0) is 10.8. The van der Waals surface area contributed by atoms with Gasteiger partial charge in [-0.25, -0.2) is 4.98 Å². The van der Waals surface area contributed by atoms with Crippen LogP contribution in [-0.4, -0.2) is 9.97 Å². The van der Waals surface area contributed by atoms with E-state index < -0.39 is 0 Å². The van der Waals surface area contributed by atoms with Gasteiger partial charge >= 0.3 is 0 Å². The summed E-state index contributed by atoms with van der Waals surface area (Å²) in [5, 5.41) is 0.